The zero-order chi connectivity index (χ0) is 14.4. The molecule has 4 aliphatic rings. The molecule has 4 fully saturated rings. The van der Waals surface area contributed by atoms with Gasteiger partial charge in [0.2, 0.25) is 0 Å². The van der Waals surface area contributed by atoms with Crippen LogP contribution >= 0.6 is 0 Å². The highest BCUT2D eigenvalue weighted by Gasteiger charge is 2.53. The van der Waals surface area contributed by atoms with Crippen LogP contribution in [-0.2, 0) is 0 Å². The largest absolute Gasteiger partial charge is 0.0689 e. The molecule has 0 N–H and O–H groups in total. The number of rotatable bonds is 2. The molecule has 6 atom stereocenters. The molecule has 0 heterocycles. The minimum absolute atomic E-state index is 1.05. The van der Waals surface area contributed by atoms with E-state index in [-0.39, 0.29) is 0 Å². The van der Waals surface area contributed by atoms with Gasteiger partial charge in [-0.05, 0) is 34.8 Å². The van der Waals surface area contributed by atoms with Gasteiger partial charge in [-0.15, -0.1) is 0 Å². The van der Waals surface area contributed by atoms with Gasteiger partial charge in [-0.3, -0.25) is 0 Å². The standard InChI is InChI=1S/C20H36Si/c1-21(2,19-13-11-15-7-3-5-9-17(15)19)20-14-12-16-8-4-6-10-18(16)20/h15-20H,3-14H2,1-2H3/t15-,16?,17?,18?,19+,20?/m0/s1. The fourth-order valence-electron chi connectivity index (χ4n) is 7.59. The normalized spacial score (nSPS) is 47.1. The third kappa shape index (κ3) is 2.46. The summed E-state index contributed by atoms with van der Waals surface area (Å²) in [5, 5.41) is 0. The lowest BCUT2D eigenvalue weighted by atomic mass is 9.81. The first-order chi connectivity index (χ1) is 10.2. The van der Waals surface area contributed by atoms with Crippen LogP contribution in [0.1, 0.15) is 77.0 Å². The van der Waals surface area contributed by atoms with Crippen molar-refractivity contribution in [1.29, 1.82) is 0 Å². The average Bonchev–Trinajstić information content (AvgIpc) is 3.12. The maximum Gasteiger partial charge on any atom is 0.0541 e. The molecule has 0 saturated heterocycles. The lowest BCUT2D eigenvalue weighted by Gasteiger charge is -2.45. The average molecular weight is 305 g/mol. The van der Waals surface area contributed by atoms with Gasteiger partial charge in [0, 0.05) is 0 Å². The molecular weight excluding hydrogens is 268 g/mol. The van der Waals surface area contributed by atoms with Gasteiger partial charge in [0.1, 0.15) is 0 Å². The van der Waals surface area contributed by atoms with Crippen molar-refractivity contribution in [3.8, 4) is 0 Å². The van der Waals surface area contributed by atoms with Gasteiger partial charge >= 0.3 is 0 Å². The molecule has 0 aromatic rings. The number of hydrogen-bond donors (Lipinski definition) is 0. The Kier molecular flexibility index (Phi) is 4.01. The summed E-state index contributed by atoms with van der Waals surface area (Å²) in [6.07, 6.45) is 19.0. The third-order valence-electron chi connectivity index (χ3n) is 8.58. The topological polar surface area (TPSA) is 0 Å². The van der Waals surface area contributed by atoms with Crippen molar-refractivity contribution in [2.24, 2.45) is 23.7 Å². The fraction of sp³-hybridized carbons (Fsp3) is 1.00. The Morgan fingerprint density at radius 2 is 0.952 bits per heavy atom. The zero-order valence-corrected chi connectivity index (χ0v) is 15.4. The molecule has 4 saturated carbocycles. The van der Waals surface area contributed by atoms with Crippen molar-refractivity contribution in [1.82, 2.24) is 0 Å². The minimum atomic E-state index is -1.05. The monoisotopic (exact) mass is 304 g/mol. The van der Waals surface area contributed by atoms with Gasteiger partial charge in [-0.1, -0.05) is 90.1 Å². The van der Waals surface area contributed by atoms with Gasteiger partial charge in [0.15, 0.2) is 0 Å². The Hall–Kier alpha value is 0.217. The molecule has 0 aromatic carbocycles. The first kappa shape index (κ1) is 14.8. The highest BCUT2D eigenvalue weighted by molar-refractivity contribution is 6.80. The Labute approximate surface area is 133 Å². The Balaban J connectivity index is 1.52. The van der Waals surface area contributed by atoms with E-state index in [9.17, 15) is 0 Å². The van der Waals surface area contributed by atoms with Gasteiger partial charge in [-0.25, -0.2) is 0 Å². The highest BCUT2D eigenvalue weighted by Crippen LogP contribution is 2.61. The first-order valence-electron chi connectivity index (χ1n) is 10.2. The smallest absolute Gasteiger partial charge is 0.0541 e. The summed E-state index contributed by atoms with van der Waals surface area (Å²) in [6.45, 7) is 5.66. The van der Waals surface area contributed by atoms with E-state index in [0.717, 1.165) is 11.8 Å². The SMILES string of the molecule is C[Si](C)(C1CCC2CCCCC21)[C@@H]1CC[C@@H]2CCCCC21. The van der Waals surface area contributed by atoms with Crippen molar-refractivity contribution in [3.63, 3.8) is 0 Å². The Bertz CT molecular complexity index is 340. The summed E-state index contributed by atoms with van der Waals surface area (Å²) in [4.78, 5) is 0. The third-order valence-corrected chi connectivity index (χ3v) is 13.8. The van der Waals surface area contributed by atoms with Gasteiger partial charge in [-0.2, -0.15) is 0 Å². The van der Waals surface area contributed by atoms with Crippen LogP contribution in [0.2, 0.25) is 24.2 Å². The van der Waals surface area contributed by atoms with E-state index in [1.165, 1.54) is 22.9 Å². The van der Waals surface area contributed by atoms with E-state index in [2.05, 4.69) is 13.1 Å². The molecule has 120 valence electrons. The molecular formula is C20H36Si. The van der Waals surface area contributed by atoms with Gasteiger partial charge < -0.3 is 0 Å². The van der Waals surface area contributed by atoms with E-state index < -0.39 is 8.07 Å². The molecule has 0 spiro atoms. The summed E-state index contributed by atoms with van der Waals surface area (Å²) in [5.74, 6) is 4.64. The highest BCUT2D eigenvalue weighted by atomic mass is 28.3. The van der Waals surface area contributed by atoms with Crippen molar-refractivity contribution in [3.05, 3.63) is 0 Å². The van der Waals surface area contributed by atoms with Crippen molar-refractivity contribution in [2.45, 2.75) is 101 Å². The van der Waals surface area contributed by atoms with Crippen molar-refractivity contribution < 1.29 is 0 Å². The quantitative estimate of drug-likeness (QED) is 0.502. The lowest BCUT2D eigenvalue weighted by molar-refractivity contribution is 0.263. The van der Waals surface area contributed by atoms with E-state index in [0.29, 0.717) is 0 Å². The van der Waals surface area contributed by atoms with Crippen LogP contribution in [0.5, 0.6) is 0 Å². The molecule has 4 unspecified atom stereocenters. The Morgan fingerprint density at radius 1 is 0.524 bits per heavy atom. The van der Waals surface area contributed by atoms with Crippen LogP contribution in [0.3, 0.4) is 0 Å². The molecule has 21 heavy (non-hydrogen) atoms. The van der Waals surface area contributed by atoms with Crippen LogP contribution in [0.4, 0.5) is 0 Å². The molecule has 0 aliphatic heterocycles. The number of fused-ring (bicyclic) bond motifs is 2. The van der Waals surface area contributed by atoms with Crippen LogP contribution in [0.15, 0.2) is 0 Å². The summed E-state index contributed by atoms with van der Waals surface area (Å²) in [5.41, 5.74) is 2.40. The maximum atomic E-state index is 2.83. The first-order valence-corrected chi connectivity index (χ1v) is 13.3. The van der Waals surface area contributed by atoms with Crippen LogP contribution in [0.25, 0.3) is 0 Å². The maximum absolute atomic E-state index is 2.83. The second-order valence-electron chi connectivity index (χ2n) is 9.61. The van der Waals surface area contributed by atoms with Gasteiger partial charge in [0.05, 0.1) is 8.07 Å². The summed E-state index contributed by atoms with van der Waals surface area (Å²) in [6, 6.07) is 0. The molecule has 4 rings (SSSR count). The van der Waals surface area contributed by atoms with Crippen LogP contribution < -0.4 is 0 Å². The summed E-state index contributed by atoms with van der Waals surface area (Å²) in [7, 11) is -1.05. The zero-order valence-electron chi connectivity index (χ0n) is 14.4. The van der Waals surface area contributed by atoms with E-state index in [4.69, 9.17) is 0 Å². The predicted molar refractivity (Wildman–Crippen MR) is 94.3 cm³/mol. The summed E-state index contributed by atoms with van der Waals surface area (Å²) >= 11 is 0. The van der Waals surface area contributed by atoms with Crippen molar-refractivity contribution in [2.75, 3.05) is 0 Å². The van der Waals surface area contributed by atoms with Crippen LogP contribution in [0, 0.1) is 23.7 Å². The molecule has 0 aromatic heterocycles. The second kappa shape index (κ2) is 5.69. The Morgan fingerprint density at radius 3 is 1.43 bits per heavy atom. The summed E-state index contributed by atoms with van der Waals surface area (Å²) < 4.78 is 0. The molecule has 0 bridgehead atoms. The van der Waals surface area contributed by atoms with Gasteiger partial charge in [0.25, 0.3) is 0 Å². The molecule has 4 aliphatic carbocycles. The molecule has 0 nitrogen and oxygen atoms in total. The van der Waals surface area contributed by atoms with Crippen molar-refractivity contribution >= 4 is 8.07 Å². The predicted octanol–water partition coefficient (Wildman–Crippen LogP) is 6.64. The second-order valence-corrected chi connectivity index (χ2v) is 14.7. The lowest BCUT2D eigenvalue weighted by Crippen LogP contribution is -2.43. The minimum Gasteiger partial charge on any atom is -0.0689 e. The molecule has 0 radical (unpaired) electrons. The van der Waals surface area contributed by atoms with Crippen LogP contribution in [-0.4, -0.2) is 8.07 Å². The van der Waals surface area contributed by atoms with E-state index in [1.54, 1.807) is 77.0 Å². The van der Waals surface area contributed by atoms with E-state index in [1.807, 2.05) is 0 Å². The number of hydrogen-bond acceptors (Lipinski definition) is 0. The molecule has 1 heteroatoms. The fourth-order valence-corrected chi connectivity index (χ4v) is 13.0. The molecule has 0 amide bonds. The van der Waals surface area contributed by atoms with E-state index >= 15 is 0 Å².